The van der Waals surface area contributed by atoms with Crippen molar-refractivity contribution in [1.82, 2.24) is 4.57 Å². The van der Waals surface area contributed by atoms with Crippen molar-refractivity contribution in [1.29, 1.82) is 0 Å². The number of hydrogen-bond acceptors (Lipinski definition) is 2. The van der Waals surface area contributed by atoms with Gasteiger partial charge in [0.25, 0.3) is 0 Å². The fourth-order valence-corrected chi connectivity index (χ4v) is 9.86. The summed E-state index contributed by atoms with van der Waals surface area (Å²) in [5.74, 6) is -0.258. The molecule has 9 aromatic carbocycles. The maximum atomic E-state index is 15.0. The van der Waals surface area contributed by atoms with Crippen molar-refractivity contribution in [2.24, 2.45) is 0 Å². The summed E-state index contributed by atoms with van der Waals surface area (Å²) in [5, 5.41) is 4.70. The Labute approximate surface area is 339 Å². The fraction of sp³-hybridized carbons (Fsp3) is 0. The topological polar surface area (TPSA) is 8.17 Å². The second-order valence-corrected chi connectivity index (χ2v) is 15.7. The summed E-state index contributed by atoms with van der Waals surface area (Å²) in [4.78, 5) is 2.36. The molecule has 0 atom stereocenters. The largest absolute Gasteiger partial charge is 0.310 e. The first-order chi connectivity index (χ1) is 28.7. The molecule has 0 amide bonds. The number of aromatic nitrogens is 1. The molecule has 2 nitrogen and oxygen atoms in total. The minimum Gasteiger partial charge on any atom is -0.310 e. The molecule has 0 aliphatic carbocycles. The Kier molecular flexibility index (Phi) is 8.23. The molecule has 11 rings (SSSR count). The minimum atomic E-state index is -0.258. The molecule has 0 unspecified atom stereocenters. The summed E-state index contributed by atoms with van der Waals surface area (Å²) in [6.07, 6.45) is 0. The zero-order chi connectivity index (χ0) is 38.6. The molecule has 0 saturated heterocycles. The van der Waals surface area contributed by atoms with Gasteiger partial charge in [-0.2, -0.15) is 0 Å². The first-order valence-corrected chi connectivity index (χ1v) is 20.4. The van der Waals surface area contributed by atoms with Crippen molar-refractivity contribution >= 4 is 70.4 Å². The first-order valence-electron chi connectivity index (χ1n) is 19.5. The van der Waals surface area contributed by atoms with Crippen molar-refractivity contribution in [3.63, 3.8) is 0 Å². The van der Waals surface area contributed by atoms with E-state index in [1.54, 1.807) is 12.1 Å². The van der Waals surface area contributed by atoms with Crippen LogP contribution < -0.4 is 4.90 Å². The Morgan fingerprint density at radius 2 is 0.983 bits per heavy atom. The van der Waals surface area contributed by atoms with Gasteiger partial charge in [-0.15, -0.1) is 11.3 Å². The number of fused-ring (bicyclic) bond motifs is 6. The summed E-state index contributed by atoms with van der Waals surface area (Å²) in [6, 6.07) is 74.2. The number of benzene rings is 9. The molecule has 4 heteroatoms. The summed E-state index contributed by atoms with van der Waals surface area (Å²) >= 11 is 1.86. The van der Waals surface area contributed by atoms with Gasteiger partial charge < -0.3 is 9.47 Å². The molecule has 0 bridgehead atoms. The van der Waals surface area contributed by atoms with Crippen molar-refractivity contribution in [2.45, 2.75) is 0 Å². The van der Waals surface area contributed by atoms with Crippen LogP contribution in [0.5, 0.6) is 0 Å². The van der Waals surface area contributed by atoms with E-state index in [0.29, 0.717) is 0 Å². The highest BCUT2D eigenvalue weighted by molar-refractivity contribution is 7.26. The van der Waals surface area contributed by atoms with Crippen LogP contribution in [0.4, 0.5) is 21.5 Å². The van der Waals surface area contributed by atoms with Gasteiger partial charge in [0.05, 0.1) is 22.4 Å². The highest BCUT2D eigenvalue weighted by Crippen LogP contribution is 2.45. The van der Waals surface area contributed by atoms with E-state index in [1.807, 2.05) is 23.5 Å². The van der Waals surface area contributed by atoms with Gasteiger partial charge in [-0.3, -0.25) is 0 Å². The predicted molar refractivity (Wildman–Crippen MR) is 245 cm³/mol. The summed E-state index contributed by atoms with van der Waals surface area (Å²) in [7, 11) is 0. The van der Waals surface area contributed by atoms with Crippen molar-refractivity contribution < 1.29 is 4.39 Å². The van der Waals surface area contributed by atoms with Crippen LogP contribution in [0.25, 0.3) is 81.0 Å². The smallest absolute Gasteiger partial charge is 0.125 e. The molecule has 0 aliphatic heterocycles. The zero-order valence-corrected chi connectivity index (χ0v) is 32.2. The van der Waals surface area contributed by atoms with Crippen LogP contribution in [0.15, 0.2) is 212 Å². The van der Waals surface area contributed by atoms with E-state index in [2.05, 4.69) is 198 Å². The van der Waals surface area contributed by atoms with E-state index < -0.39 is 0 Å². The lowest BCUT2D eigenvalue weighted by molar-refractivity contribution is 0.629. The quantitative estimate of drug-likeness (QED) is 0.157. The highest BCUT2D eigenvalue weighted by atomic mass is 32.1. The van der Waals surface area contributed by atoms with Crippen LogP contribution in [0.1, 0.15) is 0 Å². The average Bonchev–Trinajstić information content (AvgIpc) is 3.83. The number of rotatable bonds is 7. The van der Waals surface area contributed by atoms with Gasteiger partial charge in [0.15, 0.2) is 0 Å². The normalized spacial score (nSPS) is 11.5. The Morgan fingerprint density at radius 3 is 1.79 bits per heavy atom. The van der Waals surface area contributed by atoms with E-state index in [0.717, 1.165) is 61.2 Å². The number of hydrogen-bond donors (Lipinski definition) is 0. The molecule has 11 aromatic rings. The molecule has 0 saturated carbocycles. The molecule has 2 heterocycles. The van der Waals surface area contributed by atoms with Crippen LogP contribution in [-0.4, -0.2) is 4.57 Å². The van der Waals surface area contributed by atoms with Crippen LogP contribution >= 0.6 is 11.3 Å². The SMILES string of the molecule is Fc1ccc2c3ccccc3n(-c3ccccc3-c3ccccc3N(c3ccc(-c4ccccc4)cc3)c3ccc(-c4cccc5c4sc4ccccc45)cc3)c2c1. The molecule has 274 valence electrons. The molecular weight excluding hydrogens is 728 g/mol. The standard InChI is InChI=1S/C54H35FN2S/c55-39-29-34-46-45-17-6-10-23-51(45)57(52(46)35-39)50-22-9-5-16-44(50)43-15-4-8-21-49(43)56(40-30-25-37(26-31-40)36-13-2-1-3-14-36)41-32-27-38(28-33-41)42-19-12-20-48-47-18-7-11-24-53(47)58-54(42)48/h1-35H. The minimum absolute atomic E-state index is 0.258. The molecule has 0 fully saturated rings. The van der Waals surface area contributed by atoms with Gasteiger partial charge in [0.2, 0.25) is 0 Å². The molecule has 0 radical (unpaired) electrons. The average molecular weight is 763 g/mol. The second-order valence-electron chi connectivity index (χ2n) is 14.6. The van der Waals surface area contributed by atoms with Gasteiger partial charge in [-0.1, -0.05) is 146 Å². The number of halogens is 1. The Balaban J connectivity index is 1.09. The van der Waals surface area contributed by atoms with E-state index in [9.17, 15) is 0 Å². The summed E-state index contributed by atoms with van der Waals surface area (Å²) < 4.78 is 19.8. The highest BCUT2D eigenvalue weighted by Gasteiger charge is 2.22. The Morgan fingerprint density at radius 1 is 0.397 bits per heavy atom. The van der Waals surface area contributed by atoms with Crippen LogP contribution in [0.2, 0.25) is 0 Å². The van der Waals surface area contributed by atoms with Gasteiger partial charge in [0.1, 0.15) is 5.82 Å². The van der Waals surface area contributed by atoms with Crippen LogP contribution in [0.3, 0.4) is 0 Å². The number of para-hydroxylation sites is 3. The molecule has 2 aromatic heterocycles. The number of nitrogens with zero attached hydrogens (tertiary/aromatic N) is 2. The van der Waals surface area contributed by atoms with Gasteiger partial charge in [0, 0.05) is 53.4 Å². The van der Waals surface area contributed by atoms with Crippen LogP contribution in [0, 0.1) is 5.82 Å². The fourth-order valence-electron chi connectivity index (χ4n) is 8.62. The summed E-state index contributed by atoms with van der Waals surface area (Å²) in [5.41, 5.74) is 12.8. The maximum absolute atomic E-state index is 15.0. The third-order valence-corrected chi connectivity index (χ3v) is 12.5. The molecular formula is C54H35FN2S. The zero-order valence-electron chi connectivity index (χ0n) is 31.4. The van der Waals surface area contributed by atoms with Crippen molar-refractivity contribution in [3.05, 3.63) is 218 Å². The maximum Gasteiger partial charge on any atom is 0.125 e. The first kappa shape index (κ1) is 34.0. The van der Waals surface area contributed by atoms with Crippen molar-refractivity contribution in [3.8, 4) is 39.1 Å². The molecule has 58 heavy (non-hydrogen) atoms. The molecule has 0 N–H and O–H groups in total. The predicted octanol–water partition coefficient (Wildman–Crippen LogP) is 15.8. The van der Waals surface area contributed by atoms with Gasteiger partial charge in [-0.05, 0) is 89.0 Å². The number of thiophene rings is 1. The monoisotopic (exact) mass is 762 g/mol. The van der Waals surface area contributed by atoms with E-state index in [1.165, 1.54) is 36.9 Å². The van der Waals surface area contributed by atoms with Crippen LogP contribution in [-0.2, 0) is 0 Å². The van der Waals surface area contributed by atoms with E-state index in [-0.39, 0.29) is 5.82 Å². The second kappa shape index (κ2) is 14.0. The third-order valence-electron chi connectivity index (χ3n) is 11.3. The lowest BCUT2D eigenvalue weighted by Crippen LogP contribution is -2.11. The van der Waals surface area contributed by atoms with E-state index in [4.69, 9.17) is 0 Å². The lowest BCUT2D eigenvalue weighted by Gasteiger charge is -2.29. The van der Waals surface area contributed by atoms with E-state index >= 15 is 4.39 Å². The van der Waals surface area contributed by atoms with Gasteiger partial charge in [-0.25, -0.2) is 4.39 Å². The summed E-state index contributed by atoms with van der Waals surface area (Å²) in [6.45, 7) is 0. The Hall–Kier alpha value is -7.27. The lowest BCUT2D eigenvalue weighted by atomic mass is 9.98. The third kappa shape index (κ3) is 5.69. The molecule has 0 spiro atoms. The Bertz CT molecular complexity index is 3290. The number of anilines is 3. The van der Waals surface area contributed by atoms with Gasteiger partial charge >= 0.3 is 0 Å². The van der Waals surface area contributed by atoms with Crippen molar-refractivity contribution in [2.75, 3.05) is 4.90 Å². The molecule has 0 aliphatic rings.